The summed E-state index contributed by atoms with van der Waals surface area (Å²) in [6.45, 7) is 5.83. The Kier molecular flexibility index (Phi) is 6.62. The number of fused-ring (bicyclic) bond motifs is 1. The lowest BCUT2D eigenvalue weighted by molar-refractivity contribution is -0.134. The molecule has 11 nitrogen and oxygen atoms in total. The first-order chi connectivity index (χ1) is 18.4. The molecule has 0 unspecified atom stereocenters. The first-order valence-electron chi connectivity index (χ1n) is 12.7. The number of carbonyl (C=O) groups excluding carboxylic acids is 1. The molecule has 0 atom stereocenters. The zero-order valence-corrected chi connectivity index (χ0v) is 23.0. The molecule has 1 aliphatic heterocycles. The fourth-order valence-electron chi connectivity index (χ4n) is 5.04. The largest absolute Gasteiger partial charge is 0.365 e. The molecule has 208 valence electrons. The zero-order chi connectivity index (χ0) is 28.3. The molecule has 1 saturated heterocycles. The molecule has 0 spiro atoms. The number of hydrogen-bond acceptors (Lipinski definition) is 7. The molecular weight excluding hydrogens is 530 g/mol. The highest BCUT2D eigenvalue weighted by atomic mass is 32.2. The van der Waals surface area contributed by atoms with Gasteiger partial charge in [-0.2, -0.15) is 23.9 Å². The summed E-state index contributed by atoms with van der Waals surface area (Å²) in [4.78, 5) is 20.7. The summed E-state index contributed by atoms with van der Waals surface area (Å²) in [5.41, 5.74) is 1.26. The second kappa shape index (κ2) is 9.56. The van der Waals surface area contributed by atoms with Crippen molar-refractivity contribution in [3.8, 4) is 17.3 Å². The van der Waals surface area contributed by atoms with E-state index in [2.05, 4.69) is 14.8 Å². The van der Waals surface area contributed by atoms with Gasteiger partial charge in [-0.15, -0.1) is 0 Å². The van der Waals surface area contributed by atoms with Crippen molar-refractivity contribution in [2.75, 3.05) is 31.1 Å². The standard InChI is InChI=1S/C25H30F2N8O3S/c1-15(2)23(36)33-9-7-32(8-10-33)19-11-18(39(37,38)31-25(14-28)5-6-25)13-34-20(12-29-22(19)34)21-16(3)30-35(17(21)4)24(26)27/h11-13,15,24,31H,5-10H2,1-4H3. The normalized spacial score (nSPS) is 17.3. The molecule has 0 aromatic carbocycles. The second-order valence-electron chi connectivity index (χ2n) is 10.4. The van der Waals surface area contributed by atoms with Crippen LogP contribution in [0.3, 0.4) is 0 Å². The maximum absolute atomic E-state index is 13.6. The highest BCUT2D eigenvalue weighted by molar-refractivity contribution is 7.89. The highest BCUT2D eigenvalue weighted by Gasteiger charge is 2.47. The van der Waals surface area contributed by atoms with Crippen molar-refractivity contribution in [3.05, 3.63) is 29.8 Å². The van der Waals surface area contributed by atoms with E-state index in [0.717, 1.165) is 0 Å². The summed E-state index contributed by atoms with van der Waals surface area (Å²) in [7, 11) is -4.11. The molecule has 1 N–H and O–H groups in total. The number of sulfonamides is 1. The van der Waals surface area contributed by atoms with Crippen molar-refractivity contribution in [1.82, 2.24) is 28.8 Å². The van der Waals surface area contributed by atoms with Gasteiger partial charge in [0.2, 0.25) is 15.9 Å². The number of nitrogens with zero attached hydrogens (tertiary/aromatic N) is 7. The Hall–Kier alpha value is -3.57. The third-order valence-electron chi connectivity index (χ3n) is 7.36. The maximum atomic E-state index is 13.6. The van der Waals surface area contributed by atoms with E-state index in [9.17, 15) is 27.3 Å². The number of nitrogens with one attached hydrogen (secondary N) is 1. The number of hydrogen-bond donors (Lipinski definition) is 1. The van der Waals surface area contributed by atoms with Crippen LogP contribution in [0.25, 0.3) is 16.9 Å². The van der Waals surface area contributed by atoms with Crippen molar-refractivity contribution in [2.45, 2.75) is 57.5 Å². The first kappa shape index (κ1) is 27.0. The van der Waals surface area contributed by atoms with Crippen LogP contribution in [0.4, 0.5) is 14.5 Å². The number of pyridine rings is 1. The Morgan fingerprint density at radius 1 is 1.18 bits per heavy atom. The minimum absolute atomic E-state index is 0.0525. The van der Waals surface area contributed by atoms with Gasteiger partial charge in [-0.3, -0.25) is 9.20 Å². The van der Waals surface area contributed by atoms with Crippen LogP contribution in [-0.2, 0) is 14.8 Å². The Morgan fingerprint density at radius 2 is 1.85 bits per heavy atom. The summed E-state index contributed by atoms with van der Waals surface area (Å²) < 4.78 is 58.8. The third kappa shape index (κ3) is 4.74. The van der Waals surface area contributed by atoms with Crippen molar-refractivity contribution >= 4 is 27.3 Å². The molecule has 5 rings (SSSR count). The van der Waals surface area contributed by atoms with Crippen LogP contribution in [0, 0.1) is 31.1 Å². The van der Waals surface area contributed by atoms with Crippen LogP contribution < -0.4 is 9.62 Å². The van der Waals surface area contributed by atoms with Crippen LogP contribution in [0.2, 0.25) is 0 Å². The number of carbonyl (C=O) groups is 1. The molecule has 1 aliphatic carbocycles. The number of aromatic nitrogens is 4. The topological polar surface area (TPSA) is 129 Å². The number of piperazine rings is 1. The molecule has 2 fully saturated rings. The van der Waals surface area contributed by atoms with E-state index >= 15 is 0 Å². The van der Waals surface area contributed by atoms with Gasteiger partial charge in [-0.05, 0) is 32.8 Å². The van der Waals surface area contributed by atoms with Crippen LogP contribution in [0.1, 0.15) is 44.6 Å². The first-order valence-corrected chi connectivity index (χ1v) is 14.2. The minimum Gasteiger partial charge on any atom is -0.365 e. The number of amides is 1. The van der Waals surface area contributed by atoms with Crippen molar-refractivity contribution in [1.29, 1.82) is 5.26 Å². The van der Waals surface area contributed by atoms with Gasteiger partial charge in [-0.1, -0.05) is 13.8 Å². The minimum atomic E-state index is -4.11. The predicted octanol–water partition coefficient (Wildman–Crippen LogP) is 2.85. The van der Waals surface area contributed by atoms with Crippen LogP contribution in [-0.4, -0.2) is 70.1 Å². The number of aryl methyl sites for hydroxylation is 1. The van der Waals surface area contributed by atoms with Crippen molar-refractivity contribution in [2.24, 2.45) is 5.92 Å². The Balaban J connectivity index is 1.63. The van der Waals surface area contributed by atoms with Crippen LogP contribution in [0.15, 0.2) is 23.4 Å². The summed E-state index contributed by atoms with van der Waals surface area (Å²) in [5.74, 6) is -0.0789. The number of alkyl halides is 2. The molecule has 1 saturated carbocycles. The van der Waals surface area contributed by atoms with Gasteiger partial charge in [0.25, 0.3) is 0 Å². The molecular formula is C25H30F2N8O3S. The van der Waals surface area contributed by atoms with E-state index < -0.39 is 22.1 Å². The van der Waals surface area contributed by atoms with E-state index in [4.69, 9.17) is 0 Å². The van der Waals surface area contributed by atoms with Gasteiger partial charge in [0.1, 0.15) is 10.4 Å². The maximum Gasteiger partial charge on any atom is 0.333 e. The quantitative estimate of drug-likeness (QED) is 0.471. The van der Waals surface area contributed by atoms with E-state index in [1.165, 1.54) is 25.4 Å². The van der Waals surface area contributed by atoms with E-state index in [1.54, 1.807) is 16.2 Å². The van der Waals surface area contributed by atoms with Crippen molar-refractivity contribution < 1.29 is 22.0 Å². The van der Waals surface area contributed by atoms with Gasteiger partial charge < -0.3 is 9.80 Å². The summed E-state index contributed by atoms with van der Waals surface area (Å²) in [5, 5.41) is 13.4. The molecule has 2 aliphatic rings. The molecule has 3 aromatic heterocycles. The zero-order valence-electron chi connectivity index (χ0n) is 22.1. The predicted molar refractivity (Wildman–Crippen MR) is 139 cm³/mol. The summed E-state index contributed by atoms with van der Waals surface area (Å²) >= 11 is 0. The fraction of sp³-hybridized carbons (Fsp3) is 0.520. The fourth-order valence-corrected chi connectivity index (χ4v) is 6.44. The molecule has 39 heavy (non-hydrogen) atoms. The number of imidazole rings is 1. The van der Waals surface area contributed by atoms with E-state index in [1.807, 2.05) is 24.8 Å². The van der Waals surface area contributed by atoms with Gasteiger partial charge >= 0.3 is 6.55 Å². The average molecular weight is 561 g/mol. The molecule has 0 bridgehead atoms. The van der Waals surface area contributed by atoms with Crippen molar-refractivity contribution in [3.63, 3.8) is 0 Å². The number of rotatable bonds is 7. The monoisotopic (exact) mass is 560 g/mol. The SMILES string of the molecule is Cc1nn(C(F)F)c(C)c1-c1cnc2c(N3CCN(C(=O)C(C)C)CC3)cc(S(=O)(=O)NC3(C#N)CC3)cn12. The molecule has 14 heteroatoms. The lowest BCUT2D eigenvalue weighted by Gasteiger charge is -2.37. The lowest BCUT2D eigenvalue weighted by Crippen LogP contribution is -2.50. The van der Waals surface area contributed by atoms with Gasteiger partial charge in [0.15, 0.2) is 5.65 Å². The van der Waals surface area contributed by atoms with E-state index in [0.29, 0.717) is 72.0 Å². The molecule has 4 heterocycles. The molecule has 0 radical (unpaired) electrons. The van der Waals surface area contributed by atoms with E-state index in [-0.39, 0.29) is 22.4 Å². The number of halogens is 2. The Bertz CT molecular complexity index is 1590. The highest BCUT2D eigenvalue weighted by Crippen LogP contribution is 2.38. The Labute approximate surface area is 225 Å². The van der Waals surface area contributed by atoms with Crippen LogP contribution in [0.5, 0.6) is 0 Å². The number of anilines is 1. The number of nitriles is 1. The molecule has 1 amide bonds. The lowest BCUT2D eigenvalue weighted by atomic mass is 10.1. The van der Waals surface area contributed by atoms with Crippen LogP contribution >= 0.6 is 0 Å². The second-order valence-corrected chi connectivity index (χ2v) is 12.1. The molecule has 3 aromatic rings. The smallest absolute Gasteiger partial charge is 0.333 e. The Morgan fingerprint density at radius 3 is 2.38 bits per heavy atom. The van der Waals surface area contributed by atoms with Gasteiger partial charge in [0, 0.05) is 43.9 Å². The van der Waals surface area contributed by atoms with Gasteiger partial charge in [-0.25, -0.2) is 18.1 Å². The van der Waals surface area contributed by atoms with Gasteiger partial charge in [0.05, 0.1) is 35.0 Å². The summed E-state index contributed by atoms with van der Waals surface area (Å²) in [6.07, 6.45) is 3.76. The third-order valence-corrected chi connectivity index (χ3v) is 8.86. The summed E-state index contributed by atoms with van der Waals surface area (Å²) in [6, 6.07) is 3.56. The average Bonchev–Trinajstić information content (AvgIpc) is 3.43.